The van der Waals surface area contributed by atoms with Crippen LogP contribution < -0.4 is 5.48 Å². The minimum Gasteiger partial charge on any atom is -0.508 e. The van der Waals surface area contributed by atoms with E-state index in [2.05, 4.69) is 5.48 Å². The lowest BCUT2D eigenvalue weighted by Crippen LogP contribution is -2.42. The zero-order chi connectivity index (χ0) is 20.2. The van der Waals surface area contributed by atoms with E-state index in [1.165, 1.54) is 11.2 Å². The minimum absolute atomic E-state index is 0.0938. The number of rotatable bonds is 6. The fourth-order valence-corrected chi connectivity index (χ4v) is 3.76. The summed E-state index contributed by atoms with van der Waals surface area (Å²) in [6.07, 6.45) is 3.40. The molecule has 2 aromatic carbocycles. The number of carbonyl (C=O) groups excluding carboxylic acids is 2. The number of aromatic hydroxyl groups is 1. The van der Waals surface area contributed by atoms with Crippen LogP contribution in [0, 0.1) is 0 Å². The predicted octanol–water partition coefficient (Wildman–Crippen LogP) is 2.87. The van der Waals surface area contributed by atoms with Gasteiger partial charge in [0.05, 0.1) is 12.1 Å². The van der Waals surface area contributed by atoms with Crippen LogP contribution in [0.1, 0.15) is 23.5 Å². The van der Waals surface area contributed by atoms with Gasteiger partial charge in [0, 0.05) is 12.3 Å². The number of hydrogen-bond donors (Lipinski definition) is 2. The zero-order valence-electron chi connectivity index (χ0n) is 15.7. The van der Waals surface area contributed by atoms with Crippen LogP contribution in [0.3, 0.4) is 0 Å². The van der Waals surface area contributed by atoms with E-state index in [0.29, 0.717) is 6.42 Å². The first kappa shape index (κ1) is 19.0. The van der Waals surface area contributed by atoms with Gasteiger partial charge in [-0.25, -0.2) is 9.69 Å². The molecule has 0 aliphatic carbocycles. The Labute approximate surface area is 168 Å². The van der Waals surface area contributed by atoms with Gasteiger partial charge in [-0.3, -0.25) is 4.79 Å². The third-order valence-electron chi connectivity index (χ3n) is 5.25. The number of hydroxylamine groups is 1. The van der Waals surface area contributed by atoms with Gasteiger partial charge in [-0.1, -0.05) is 42.5 Å². The van der Waals surface area contributed by atoms with E-state index in [9.17, 15) is 14.7 Å². The largest absolute Gasteiger partial charge is 0.508 e. The van der Waals surface area contributed by atoms with Crippen LogP contribution in [0.2, 0.25) is 0 Å². The SMILES string of the molecule is O=C(CC(c1ccc(O)cc1)C1C=CON1)N1C(=O)OCC1Cc1ccccc1. The molecular formula is C22H22N2O5. The summed E-state index contributed by atoms with van der Waals surface area (Å²) in [5, 5.41) is 9.58. The number of imide groups is 1. The van der Waals surface area contributed by atoms with Gasteiger partial charge in [-0.15, -0.1) is 5.48 Å². The molecule has 4 rings (SSSR count). The van der Waals surface area contributed by atoms with E-state index in [0.717, 1.165) is 11.1 Å². The standard InChI is InChI=1S/C22H22N2O5/c25-18-8-6-16(7-9-18)19(20-10-11-29-23-20)13-21(26)24-17(14-28-22(24)27)12-15-4-2-1-3-5-15/h1-11,17,19-20,23,25H,12-14H2. The van der Waals surface area contributed by atoms with Crippen LogP contribution in [0.15, 0.2) is 66.9 Å². The maximum Gasteiger partial charge on any atom is 0.416 e. The van der Waals surface area contributed by atoms with Crippen LogP contribution in [-0.2, 0) is 20.8 Å². The van der Waals surface area contributed by atoms with Crippen molar-refractivity contribution >= 4 is 12.0 Å². The van der Waals surface area contributed by atoms with Crippen LogP contribution in [-0.4, -0.2) is 40.7 Å². The lowest BCUT2D eigenvalue weighted by atomic mass is 9.88. The average Bonchev–Trinajstić information content (AvgIpc) is 3.38. The number of carbonyl (C=O) groups is 2. The van der Waals surface area contributed by atoms with E-state index in [4.69, 9.17) is 9.57 Å². The number of nitrogens with one attached hydrogen (secondary N) is 1. The second-order valence-corrected chi connectivity index (χ2v) is 7.18. The van der Waals surface area contributed by atoms with Crippen molar-refractivity contribution in [3.05, 3.63) is 78.1 Å². The molecule has 2 aliphatic heterocycles. The van der Waals surface area contributed by atoms with E-state index < -0.39 is 6.09 Å². The first-order valence-corrected chi connectivity index (χ1v) is 9.51. The van der Waals surface area contributed by atoms with Crippen molar-refractivity contribution in [3.63, 3.8) is 0 Å². The van der Waals surface area contributed by atoms with Crippen molar-refractivity contribution in [2.45, 2.75) is 30.8 Å². The van der Waals surface area contributed by atoms with Crippen molar-refractivity contribution in [2.24, 2.45) is 0 Å². The van der Waals surface area contributed by atoms with Gasteiger partial charge < -0.3 is 14.7 Å². The molecule has 2 heterocycles. The van der Waals surface area contributed by atoms with E-state index in [1.54, 1.807) is 24.3 Å². The van der Waals surface area contributed by atoms with Gasteiger partial charge in [0.1, 0.15) is 18.6 Å². The lowest BCUT2D eigenvalue weighted by Gasteiger charge is -2.25. The number of hydrogen-bond acceptors (Lipinski definition) is 6. The number of phenolic OH excluding ortho intramolecular Hbond substituents is 1. The highest BCUT2D eigenvalue weighted by Crippen LogP contribution is 2.30. The Balaban J connectivity index is 1.53. The van der Waals surface area contributed by atoms with Crippen molar-refractivity contribution in [1.29, 1.82) is 0 Å². The van der Waals surface area contributed by atoms with Crippen LogP contribution >= 0.6 is 0 Å². The summed E-state index contributed by atoms with van der Waals surface area (Å²) in [6.45, 7) is 0.189. The molecule has 0 saturated carbocycles. The highest BCUT2D eigenvalue weighted by molar-refractivity contribution is 5.94. The first-order valence-electron chi connectivity index (χ1n) is 9.51. The molecule has 7 nitrogen and oxygen atoms in total. The minimum atomic E-state index is -0.605. The Morgan fingerprint density at radius 2 is 1.93 bits per heavy atom. The molecule has 0 spiro atoms. The molecule has 0 radical (unpaired) electrons. The van der Waals surface area contributed by atoms with E-state index >= 15 is 0 Å². The van der Waals surface area contributed by atoms with Crippen LogP contribution in [0.25, 0.3) is 0 Å². The van der Waals surface area contributed by atoms with Gasteiger partial charge in [0.25, 0.3) is 0 Å². The first-order chi connectivity index (χ1) is 14.1. The highest BCUT2D eigenvalue weighted by atomic mass is 16.6. The summed E-state index contributed by atoms with van der Waals surface area (Å²) in [7, 11) is 0. The molecule has 3 unspecified atom stereocenters. The molecule has 2 N–H and O–H groups in total. The van der Waals surface area contributed by atoms with Gasteiger partial charge in [-0.2, -0.15) is 0 Å². The zero-order valence-corrected chi connectivity index (χ0v) is 15.7. The monoisotopic (exact) mass is 394 g/mol. The Morgan fingerprint density at radius 3 is 2.62 bits per heavy atom. The molecule has 2 aromatic rings. The van der Waals surface area contributed by atoms with Crippen molar-refractivity contribution in [3.8, 4) is 5.75 Å². The van der Waals surface area contributed by atoms with E-state index in [1.807, 2.05) is 36.4 Å². The highest BCUT2D eigenvalue weighted by Gasteiger charge is 2.39. The van der Waals surface area contributed by atoms with Gasteiger partial charge in [-0.05, 0) is 35.8 Å². The van der Waals surface area contributed by atoms with Crippen molar-refractivity contribution < 1.29 is 24.3 Å². The molecule has 3 atom stereocenters. The summed E-state index contributed by atoms with van der Waals surface area (Å²) in [5.74, 6) is -0.419. The molecule has 7 heteroatoms. The predicted molar refractivity (Wildman–Crippen MR) is 105 cm³/mol. The topological polar surface area (TPSA) is 88.1 Å². The smallest absolute Gasteiger partial charge is 0.416 e. The Hall–Kier alpha value is -3.32. The number of phenols is 1. The molecular weight excluding hydrogens is 372 g/mol. The molecule has 2 amide bonds. The molecule has 0 bridgehead atoms. The third-order valence-corrected chi connectivity index (χ3v) is 5.25. The number of cyclic esters (lactones) is 1. The van der Waals surface area contributed by atoms with Gasteiger partial charge in [0.15, 0.2) is 0 Å². The molecule has 1 fully saturated rings. The third kappa shape index (κ3) is 4.25. The molecule has 1 saturated heterocycles. The fraction of sp³-hybridized carbons (Fsp3) is 0.273. The maximum absolute atomic E-state index is 13.1. The molecule has 0 aromatic heterocycles. The Bertz CT molecular complexity index is 897. The summed E-state index contributed by atoms with van der Waals surface area (Å²) >= 11 is 0. The average molecular weight is 394 g/mol. The number of ether oxygens (including phenoxy) is 1. The number of nitrogens with zero attached hydrogens (tertiary/aromatic N) is 1. The Kier molecular flexibility index (Phi) is 5.48. The maximum atomic E-state index is 13.1. The summed E-state index contributed by atoms with van der Waals surface area (Å²) in [4.78, 5) is 31.8. The fourth-order valence-electron chi connectivity index (χ4n) is 3.76. The summed E-state index contributed by atoms with van der Waals surface area (Å²) in [5.41, 5.74) is 4.76. The second-order valence-electron chi connectivity index (χ2n) is 7.18. The van der Waals surface area contributed by atoms with E-state index in [-0.39, 0.29) is 42.7 Å². The number of amides is 2. The van der Waals surface area contributed by atoms with Gasteiger partial charge in [0.2, 0.25) is 5.91 Å². The summed E-state index contributed by atoms with van der Waals surface area (Å²) in [6, 6.07) is 15.9. The second kappa shape index (κ2) is 8.36. The van der Waals surface area contributed by atoms with Crippen molar-refractivity contribution in [1.82, 2.24) is 10.4 Å². The molecule has 29 heavy (non-hydrogen) atoms. The Morgan fingerprint density at radius 1 is 1.17 bits per heavy atom. The summed E-state index contributed by atoms with van der Waals surface area (Å²) < 4.78 is 5.18. The van der Waals surface area contributed by atoms with Crippen molar-refractivity contribution in [2.75, 3.05) is 6.61 Å². The molecule has 150 valence electrons. The molecule has 2 aliphatic rings. The van der Waals surface area contributed by atoms with Crippen LogP contribution in [0.5, 0.6) is 5.75 Å². The lowest BCUT2D eigenvalue weighted by molar-refractivity contribution is -0.129. The quantitative estimate of drug-likeness (QED) is 0.783. The van der Waals surface area contributed by atoms with Gasteiger partial charge >= 0.3 is 6.09 Å². The normalized spacial score (nSPS) is 21.7. The van der Waals surface area contributed by atoms with Crippen LogP contribution in [0.4, 0.5) is 4.79 Å². The number of benzene rings is 2.